The fraction of sp³-hybridized carbons (Fsp3) is 0.154. The molecule has 0 aliphatic rings. The molecule has 1 aromatic rings. The van der Waals surface area contributed by atoms with Crippen LogP contribution < -0.4 is 10.6 Å². The number of nitrogens with one attached hydrogen (secondary N) is 2. The number of carbonyl (C=O) groups is 2. The van der Waals surface area contributed by atoms with Crippen molar-refractivity contribution < 1.29 is 14.7 Å². The van der Waals surface area contributed by atoms with E-state index in [4.69, 9.17) is 10.4 Å². The van der Waals surface area contributed by atoms with Gasteiger partial charge in [0.15, 0.2) is 0 Å². The molecule has 1 rings (SSSR count). The van der Waals surface area contributed by atoms with Gasteiger partial charge in [-0.05, 0) is 25.1 Å². The molecular weight excluding hydrogens is 246 g/mol. The van der Waals surface area contributed by atoms with Gasteiger partial charge in [0.25, 0.3) is 5.91 Å². The van der Waals surface area contributed by atoms with Crippen LogP contribution in [0.5, 0.6) is 0 Å². The van der Waals surface area contributed by atoms with Crippen molar-refractivity contribution in [3.05, 3.63) is 41.6 Å². The van der Waals surface area contributed by atoms with Crippen molar-refractivity contribution in [1.82, 2.24) is 5.32 Å². The zero-order valence-electron chi connectivity index (χ0n) is 10.3. The van der Waals surface area contributed by atoms with Crippen molar-refractivity contribution >= 4 is 17.6 Å². The van der Waals surface area contributed by atoms with Crippen LogP contribution in [0.2, 0.25) is 0 Å². The maximum absolute atomic E-state index is 11.7. The molecule has 6 nitrogen and oxygen atoms in total. The van der Waals surface area contributed by atoms with Gasteiger partial charge < -0.3 is 15.7 Å². The molecule has 0 aromatic heterocycles. The molecule has 0 fully saturated rings. The Morgan fingerprint density at radius 2 is 2.21 bits per heavy atom. The molecule has 0 atom stereocenters. The van der Waals surface area contributed by atoms with E-state index in [0.29, 0.717) is 12.2 Å². The Balaban J connectivity index is 2.85. The lowest BCUT2D eigenvalue weighted by Gasteiger charge is -2.05. The number of nitriles is 1. The minimum Gasteiger partial charge on any atom is -0.478 e. The first-order valence-corrected chi connectivity index (χ1v) is 5.56. The fourth-order valence-electron chi connectivity index (χ4n) is 1.28. The Morgan fingerprint density at radius 3 is 2.79 bits per heavy atom. The minimum absolute atomic E-state index is 0.0620. The van der Waals surface area contributed by atoms with E-state index >= 15 is 0 Å². The number of anilines is 1. The van der Waals surface area contributed by atoms with Gasteiger partial charge >= 0.3 is 5.97 Å². The van der Waals surface area contributed by atoms with Gasteiger partial charge in [0.2, 0.25) is 0 Å². The number of hydrogen-bond donors (Lipinski definition) is 3. The molecule has 98 valence electrons. The molecule has 0 bridgehead atoms. The van der Waals surface area contributed by atoms with Crippen molar-refractivity contribution in [3.63, 3.8) is 0 Å². The lowest BCUT2D eigenvalue weighted by Crippen LogP contribution is -2.16. The van der Waals surface area contributed by atoms with Crippen molar-refractivity contribution in [1.29, 1.82) is 5.26 Å². The lowest BCUT2D eigenvalue weighted by molar-refractivity contribution is -0.112. The largest absolute Gasteiger partial charge is 0.478 e. The van der Waals surface area contributed by atoms with Crippen LogP contribution in [0.1, 0.15) is 17.3 Å². The van der Waals surface area contributed by atoms with Gasteiger partial charge in [0, 0.05) is 18.4 Å². The summed E-state index contributed by atoms with van der Waals surface area (Å²) in [6, 6.07) is 7.56. The highest BCUT2D eigenvalue weighted by molar-refractivity contribution is 6.06. The molecule has 0 aliphatic heterocycles. The average Bonchev–Trinajstić information content (AvgIpc) is 2.40. The highest BCUT2D eigenvalue weighted by Gasteiger charge is 2.10. The van der Waals surface area contributed by atoms with Gasteiger partial charge in [-0.3, -0.25) is 4.79 Å². The molecule has 0 radical (unpaired) electrons. The SMILES string of the molecule is CCN/C=C(/C#N)C(=O)Nc1cccc(C(=O)O)c1. The molecule has 19 heavy (non-hydrogen) atoms. The number of hydrogen-bond acceptors (Lipinski definition) is 4. The lowest BCUT2D eigenvalue weighted by atomic mass is 10.2. The van der Waals surface area contributed by atoms with Gasteiger partial charge in [-0.2, -0.15) is 5.26 Å². The molecule has 1 amide bonds. The number of carboxylic acids is 1. The van der Waals surface area contributed by atoms with E-state index in [1.807, 2.05) is 6.92 Å². The summed E-state index contributed by atoms with van der Waals surface area (Å²) in [6.07, 6.45) is 1.32. The Bertz CT molecular complexity index is 558. The number of benzene rings is 1. The number of nitrogens with zero attached hydrogens (tertiary/aromatic N) is 1. The highest BCUT2D eigenvalue weighted by atomic mass is 16.4. The van der Waals surface area contributed by atoms with Crippen LogP contribution in [-0.2, 0) is 4.79 Å². The fourth-order valence-corrected chi connectivity index (χ4v) is 1.28. The third-order valence-corrected chi connectivity index (χ3v) is 2.18. The van der Waals surface area contributed by atoms with E-state index in [1.54, 1.807) is 12.1 Å². The Kier molecular flexibility index (Phi) is 5.11. The van der Waals surface area contributed by atoms with Gasteiger partial charge in [-0.1, -0.05) is 6.07 Å². The maximum Gasteiger partial charge on any atom is 0.335 e. The summed E-state index contributed by atoms with van der Waals surface area (Å²) in [4.78, 5) is 22.5. The van der Waals surface area contributed by atoms with E-state index in [2.05, 4.69) is 10.6 Å². The van der Waals surface area contributed by atoms with Gasteiger partial charge in [-0.15, -0.1) is 0 Å². The Labute approximate surface area is 110 Å². The molecule has 0 spiro atoms. The van der Waals surface area contributed by atoms with E-state index in [9.17, 15) is 9.59 Å². The topological polar surface area (TPSA) is 102 Å². The van der Waals surface area contributed by atoms with Crippen LogP contribution in [0.3, 0.4) is 0 Å². The second kappa shape index (κ2) is 6.81. The second-order valence-electron chi connectivity index (χ2n) is 3.57. The zero-order valence-corrected chi connectivity index (χ0v) is 10.3. The predicted molar refractivity (Wildman–Crippen MR) is 69.4 cm³/mol. The zero-order chi connectivity index (χ0) is 14.3. The minimum atomic E-state index is -1.08. The molecule has 3 N–H and O–H groups in total. The highest BCUT2D eigenvalue weighted by Crippen LogP contribution is 2.11. The van der Waals surface area contributed by atoms with Crippen LogP contribution in [0.15, 0.2) is 36.0 Å². The molecule has 0 saturated carbocycles. The quantitative estimate of drug-likeness (QED) is 0.547. The third-order valence-electron chi connectivity index (χ3n) is 2.18. The number of aromatic carboxylic acids is 1. The van der Waals surface area contributed by atoms with Crippen molar-refractivity contribution in [3.8, 4) is 6.07 Å². The Morgan fingerprint density at radius 1 is 1.47 bits per heavy atom. The molecule has 0 unspecified atom stereocenters. The summed E-state index contributed by atoms with van der Waals surface area (Å²) in [5.74, 6) is -1.68. The second-order valence-corrected chi connectivity index (χ2v) is 3.57. The molecule has 0 saturated heterocycles. The van der Waals surface area contributed by atoms with Crippen molar-refractivity contribution in [2.75, 3.05) is 11.9 Å². The van der Waals surface area contributed by atoms with Crippen LogP contribution >= 0.6 is 0 Å². The van der Waals surface area contributed by atoms with Crippen LogP contribution in [-0.4, -0.2) is 23.5 Å². The third kappa shape index (κ3) is 4.16. The monoisotopic (exact) mass is 259 g/mol. The summed E-state index contributed by atoms with van der Waals surface area (Å²) in [6.45, 7) is 2.42. The van der Waals surface area contributed by atoms with Gasteiger partial charge in [0.05, 0.1) is 5.56 Å². The first-order valence-electron chi connectivity index (χ1n) is 5.56. The maximum atomic E-state index is 11.7. The summed E-state index contributed by atoms with van der Waals surface area (Å²) in [7, 11) is 0. The van der Waals surface area contributed by atoms with Crippen LogP contribution in [0.25, 0.3) is 0 Å². The Hall–Kier alpha value is -2.81. The molecule has 0 heterocycles. The normalized spacial score (nSPS) is 10.4. The van der Waals surface area contributed by atoms with Gasteiger partial charge in [-0.25, -0.2) is 4.79 Å². The van der Waals surface area contributed by atoms with Crippen molar-refractivity contribution in [2.24, 2.45) is 0 Å². The van der Waals surface area contributed by atoms with E-state index in [1.165, 1.54) is 24.4 Å². The van der Waals surface area contributed by atoms with E-state index < -0.39 is 11.9 Å². The molecule has 0 aliphatic carbocycles. The summed E-state index contributed by atoms with van der Waals surface area (Å²) < 4.78 is 0. The standard InChI is InChI=1S/C13H13N3O3/c1-2-15-8-10(7-14)12(17)16-11-5-3-4-9(6-11)13(18)19/h3-6,8,15H,2H2,1H3,(H,16,17)(H,18,19)/b10-8-. The average molecular weight is 259 g/mol. The smallest absolute Gasteiger partial charge is 0.335 e. The number of amides is 1. The number of rotatable bonds is 5. The van der Waals surface area contributed by atoms with Crippen LogP contribution in [0.4, 0.5) is 5.69 Å². The summed E-state index contributed by atoms with van der Waals surface area (Å²) in [5.41, 5.74) is 0.303. The summed E-state index contributed by atoms with van der Waals surface area (Å²) in [5, 5.41) is 22.9. The van der Waals surface area contributed by atoms with Crippen LogP contribution in [0, 0.1) is 11.3 Å². The summed E-state index contributed by atoms with van der Waals surface area (Å²) >= 11 is 0. The predicted octanol–water partition coefficient (Wildman–Crippen LogP) is 1.34. The van der Waals surface area contributed by atoms with Crippen molar-refractivity contribution in [2.45, 2.75) is 6.92 Å². The first kappa shape index (κ1) is 14.3. The van der Waals surface area contributed by atoms with E-state index in [-0.39, 0.29) is 11.1 Å². The molecule has 6 heteroatoms. The first-order chi connectivity index (χ1) is 9.08. The number of carbonyl (C=O) groups excluding carboxylic acids is 1. The van der Waals surface area contributed by atoms with Gasteiger partial charge in [0.1, 0.15) is 11.6 Å². The number of carboxylic acid groups (broad SMARTS) is 1. The molecular formula is C13H13N3O3. The molecule has 1 aromatic carbocycles. The van der Waals surface area contributed by atoms with E-state index in [0.717, 1.165) is 0 Å².